The summed E-state index contributed by atoms with van der Waals surface area (Å²) in [5.41, 5.74) is 1.60. The van der Waals surface area contributed by atoms with E-state index >= 15 is 0 Å². The number of thiocarbonyl (C=S) groups is 1. The van der Waals surface area contributed by atoms with Crippen LogP contribution in [0.15, 0.2) is 37.0 Å². The van der Waals surface area contributed by atoms with Crippen molar-refractivity contribution in [2.45, 2.75) is 0 Å². The first-order chi connectivity index (χ1) is 5.26. The summed E-state index contributed by atoms with van der Waals surface area (Å²) in [6.45, 7) is 6.91. The molecule has 3 heteroatoms. The van der Waals surface area contributed by atoms with Gasteiger partial charge in [-0.25, -0.2) is 0 Å². The SMILES string of the molecule is C=C/C=C(\C=C)C(=O)NC=S. The lowest BCUT2D eigenvalue weighted by atomic mass is 10.2. The summed E-state index contributed by atoms with van der Waals surface area (Å²) >= 11 is 4.44. The number of rotatable bonds is 4. The highest BCUT2D eigenvalue weighted by atomic mass is 32.1. The Hall–Kier alpha value is -1.22. The van der Waals surface area contributed by atoms with E-state index in [0.29, 0.717) is 5.57 Å². The van der Waals surface area contributed by atoms with Crippen molar-refractivity contribution in [3.8, 4) is 0 Å². The average Bonchev–Trinajstić information content (AvgIpc) is 2.00. The van der Waals surface area contributed by atoms with Crippen molar-refractivity contribution in [1.29, 1.82) is 0 Å². The number of nitrogens with one attached hydrogen (secondary N) is 1. The van der Waals surface area contributed by atoms with Gasteiger partial charge < -0.3 is 5.32 Å². The lowest BCUT2D eigenvalue weighted by Gasteiger charge is -1.96. The molecule has 0 aromatic carbocycles. The lowest BCUT2D eigenvalue weighted by molar-refractivity contribution is -0.115. The van der Waals surface area contributed by atoms with Crippen LogP contribution in [0.1, 0.15) is 0 Å². The van der Waals surface area contributed by atoms with E-state index in [1.807, 2.05) is 0 Å². The van der Waals surface area contributed by atoms with E-state index in [9.17, 15) is 4.79 Å². The zero-order chi connectivity index (χ0) is 8.69. The number of amides is 1. The second-order valence-electron chi connectivity index (χ2n) is 1.65. The van der Waals surface area contributed by atoms with Crippen LogP contribution in [0, 0.1) is 0 Å². The molecule has 0 radical (unpaired) electrons. The number of carbonyl (C=O) groups excluding carboxylic acids is 1. The van der Waals surface area contributed by atoms with E-state index in [2.05, 4.69) is 30.7 Å². The van der Waals surface area contributed by atoms with Gasteiger partial charge in [0.1, 0.15) is 0 Å². The molecule has 0 fully saturated rings. The monoisotopic (exact) mass is 167 g/mol. The molecule has 1 amide bonds. The van der Waals surface area contributed by atoms with Crippen molar-refractivity contribution in [2.75, 3.05) is 0 Å². The van der Waals surface area contributed by atoms with Crippen molar-refractivity contribution in [3.05, 3.63) is 37.0 Å². The summed E-state index contributed by atoms with van der Waals surface area (Å²) in [5.74, 6) is -0.269. The van der Waals surface area contributed by atoms with E-state index in [-0.39, 0.29) is 5.91 Å². The molecule has 0 bridgehead atoms. The van der Waals surface area contributed by atoms with Crippen molar-refractivity contribution >= 4 is 23.6 Å². The van der Waals surface area contributed by atoms with Gasteiger partial charge in [0.25, 0.3) is 5.91 Å². The molecular weight excluding hydrogens is 158 g/mol. The van der Waals surface area contributed by atoms with E-state index in [4.69, 9.17) is 0 Å². The molecule has 0 saturated heterocycles. The van der Waals surface area contributed by atoms with Crippen LogP contribution in [0.2, 0.25) is 0 Å². The van der Waals surface area contributed by atoms with Gasteiger partial charge in [-0.1, -0.05) is 43.6 Å². The summed E-state index contributed by atoms with van der Waals surface area (Å²) in [5, 5.41) is 2.34. The van der Waals surface area contributed by atoms with E-state index in [1.54, 1.807) is 6.08 Å². The largest absolute Gasteiger partial charge is 0.319 e. The van der Waals surface area contributed by atoms with Gasteiger partial charge in [-0.3, -0.25) is 4.79 Å². The van der Waals surface area contributed by atoms with E-state index in [0.717, 1.165) is 5.49 Å². The van der Waals surface area contributed by atoms with Crippen LogP contribution in [0.3, 0.4) is 0 Å². The van der Waals surface area contributed by atoms with Crippen LogP contribution < -0.4 is 5.32 Å². The van der Waals surface area contributed by atoms with E-state index < -0.39 is 0 Å². The van der Waals surface area contributed by atoms with Gasteiger partial charge >= 0.3 is 0 Å². The first kappa shape index (κ1) is 9.78. The molecule has 0 atom stereocenters. The quantitative estimate of drug-likeness (QED) is 0.389. The van der Waals surface area contributed by atoms with Gasteiger partial charge in [0.05, 0.1) is 5.49 Å². The van der Waals surface area contributed by atoms with Crippen LogP contribution >= 0.6 is 12.2 Å². The van der Waals surface area contributed by atoms with Crippen molar-refractivity contribution in [1.82, 2.24) is 5.32 Å². The van der Waals surface area contributed by atoms with Gasteiger partial charge in [-0.2, -0.15) is 0 Å². The summed E-state index contributed by atoms with van der Waals surface area (Å²) in [7, 11) is 0. The van der Waals surface area contributed by atoms with Crippen LogP contribution in [0.25, 0.3) is 0 Å². The maximum Gasteiger partial charge on any atom is 0.255 e. The van der Waals surface area contributed by atoms with Gasteiger partial charge in [0.2, 0.25) is 0 Å². The van der Waals surface area contributed by atoms with Gasteiger partial charge in [0.15, 0.2) is 0 Å². The third-order valence-electron chi connectivity index (χ3n) is 0.970. The lowest BCUT2D eigenvalue weighted by Crippen LogP contribution is -2.21. The maximum absolute atomic E-state index is 11.0. The highest BCUT2D eigenvalue weighted by Crippen LogP contribution is 1.94. The third-order valence-corrected chi connectivity index (χ3v) is 1.09. The topological polar surface area (TPSA) is 29.1 Å². The Balaban J connectivity index is 4.37. The highest BCUT2D eigenvalue weighted by Gasteiger charge is 2.00. The minimum absolute atomic E-state index is 0.269. The summed E-state index contributed by atoms with van der Waals surface area (Å²) in [6, 6.07) is 0. The fourth-order valence-corrected chi connectivity index (χ4v) is 0.607. The van der Waals surface area contributed by atoms with Gasteiger partial charge in [-0.05, 0) is 0 Å². The molecule has 0 saturated carbocycles. The molecule has 0 aromatic rings. The number of hydrogen-bond acceptors (Lipinski definition) is 2. The Morgan fingerprint density at radius 3 is 2.45 bits per heavy atom. The zero-order valence-electron chi connectivity index (χ0n) is 6.04. The molecule has 0 heterocycles. The molecule has 0 unspecified atom stereocenters. The minimum atomic E-state index is -0.269. The Bertz CT molecular complexity index is 218. The van der Waals surface area contributed by atoms with E-state index in [1.165, 1.54) is 12.2 Å². The van der Waals surface area contributed by atoms with Crippen LogP contribution in [0.4, 0.5) is 0 Å². The highest BCUT2D eigenvalue weighted by molar-refractivity contribution is 7.78. The molecule has 0 spiro atoms. The molecule has 0 aliphatic rings. The van der Waals surface area contributed by atoms with Crippen LogP contribution in [0.5, 0.6) is 0 Å². The minimum Gasteiger partial charge on any atom is -0.319 e. The first-order valence-corrected chi connectivity index (χ1v) is 3.43. The predicted octanol–water partition coefficient (Wildman–Crippen LogP) is 1.36. The second kappa shape index (κ2) is 5.56. The second-order valence-corrected chi connectivity index (χ2v) is 1.89. The van der Waals surface area contributed by atoms with Crippen LogP contribution in [-0.4, -0.2) is 11.4 Å². The molecule has 0 aliphatic carbocycles. The molecule has 1 N–H and O–H groups in total. The summed E-state index contributed by atoms with van der Waals surface area (Å²) < 4.78 is 0. The summed E-state index contributed by atoms with van der Waals surface area (Å²) in [6.07, 6.45) is 4.51. The predicted molar refractivity (Wildman–Crippen MR) is 50.3 cm³/mol. The Kier molecular flexibility index (Phi) is 4.94. The molecule has 11 heavy (non-hydrogen) atoms. The molecule has 0 aliphatic heterocycles. The molecule has 2 nitrogen and oxygen atoms in total. The average molecular weight is 167 g/mol. The number of allylic oxidation sites excluding steroid dienone is 2. The van der Waals surface area contributed by atoms with Crippen LogP contribution in [-0.2, 0) is 4.79 Å². The zero-order valence-corrected chi connectivity index (χ0v) is 6.86. The Labute approximate surface area is 71.3 Å². The fourth-order valence-electron chi connectivity index (χ4n) is 0.500. The van der Waals surface area contributed by atoms with Gasteiger partial charge in [0, 0.05) is 5.57 Å². The van der Waals surface area contributed by atoms with Gasteiger partial charge in [-0.15, -0.1) is 0 Å². The smallest absolute Gasteiger partial charge is 0.255 e. The molecule has 58 valence electrons. The standard InChI is InChI=1S/C8H9NOS/c1-3-5-7(4-2)8(10)9-6-11/h3-6H,1-2H2,(H,9,10,11)/b7-5+. The number of carbonyl (C=O) groups is 1. The maximum atomic E-state index is 11.0. The Morgan fingerprint density at radius 2 is 2.09 bits per heavy atom. The molecule has 0 rings (SSSR count). The first-order valence-electron chi connectivity index (χ1n) is 2.96. The normalized spacial score (nSPS) is 10.0. The van der Waals surface area contributed by atoms with Crippen molar-refractivity contribution in [3.63, 3.8) is 0 Å². The van der Waals surface area contributed by atoms with Crippen molar-refractivity contribution < 1.29 is 4.79 Å². The third kappa shape index (κ3) is 3.47. The molecule has 0 aromatic heterocycles. The Morgan fingerprint density at radius 1 is 1.45 bits per heavy atom. The fraction of sp³-hybridized carbons (Fsp3) is 0. The summed E-state index contributed by atoms with van der Waals surface area (Å²) in [4.78, 5) is 11.0. The molecular formula is C8H9NOS. The number of hydrogen-bond donors (Lipinski definition) is 1. The van der Waals surface area contributed by atoms with Crippen molar-refractivity contribution in [2.24, 2.45) is 0 Å².